The molecule has 1 aliphatic heterocycles. The first-order valence-electron chi connectivity index (χ1n) is 12.1. The van der Waals surface area contributed by atoms with Gasteiger partial charge < -0.3 is 19.9 Å². The molecule has 2 aromatic heterocycles. The van der Waals surface area contributed by atoms with Gasteiger partial charge in [-0.2, -0.15) is 0 Å². The highest BCUT2D eigenvalue weighted by molar-refractivity contribution is 7.99. The smallest absolute Gasteiger partial charge is 0.309 e. The lowest BCUT2D eigenvalue weighted by Gasteiger charge is -2.22. The zero-order chi connectivity index (χ0) is 25.4. The minimum Gasteiger partial charge on any atom is -0.481 e. The minimum absolute atomic E-state index is 0.319. The van der Waals surface area contributed by atoms with Crippen LogP contribution in [0.25, 0.3) is 11.2 Å². The van der Waals surface area contributed by atoms with Crippen LogP contribution in [0.2, 0.25) is 5.02 Å². The van der Waals surface area contributed by atoms with Crippen LogP contribution in [0.4, 0.5) is 5.82 Å². The Morgan fingerprint density at radius 3 is 2.72 bits per heavy atom. The number of anilines is 1. The van der Waals surface area contributed by atoms with Crippen molar-refractivity contribution in [3.8, 4) is 0 Å². The standard InChI is InChI=1S/C24H29ClN6O4S/c1-4-11-36-23-27-20(26-10-9-13-5-7-14(25)8-6-13)17-21(28-23)31(30-29-17)16-12-15(22(32)33)18-19(16)35-24(2,3)34-18/h5-8,15-16,18-19H,4,9-12H2,1-3H3,(H,32,33)(H,26,27,28)/t15-,16+,18+,19-/m0/s1. The summed E-state index contributed by atoms with van der Waals surface area (Å²) in [4.78, 5) is 21.5. The molecule has 36 heavy (non-hydrogen) atoms. The van der Waals surface area contributed by atoms with Crippen LogP contribution in [-0.4, -0.2) is 66.3 Å². The van der Waals surface area contributed by atoms with E-state index in [1.165, 1.54) is 0 Å². The first-order chi connectivity index (χ1) is 17.3. The number of nitrogens with one attached hydrogen (secondary N) is 1. The summed E-state index contributed by atoms with van der Waals surface area (Å²) in [6.45, 7) is 6.33. The van der Waals surface area contributed by atoms with Crippen molar-refractivity contribution in [2.75, 3.05) is 17.6 Å². The maximum Gasteiger partial charge on any atom is 0.309 e. The first-order valence-corrected chi connectivity index (χ1v) is 13.4. The SMILES string of the molecule is CCCSc1nc(NCCc2ccc(Cl)cc2)c2nnn([C@@H]3C[C@H](C(=O)O)[C@H]4OC(C)(C)O[C@H]43)c2n1. The van der Waals surface area contributed by atoms with Crippen LogP contribution in [0.3, 0.4) is 0 Å². The highest BCUT2D eigenvalue weighted by Gasteiger charge is 2.57. The average Bonchev–Trinajstić information content (AvgIpc) is 3.49. The summed E-state index contributed by atoms with van der Waals surface area (Å²) in [6.07, 6.45) is 1.06. The highest BCUT2D eigenvalue weighted by atomic mass is 35.5. The van der Waals surface area contributed by atoms with E-state index in [2.05, 4.69) is 22.6 Å². The maximum absolute atomic E-state index is 12.0. The van der Waals surface area contributed by atoms with E-state index in [1.807, 2.05) is 24.3 Å². The molecule has 2 N–H and O–H groups in total. The zero-order valence-corrected chi connectivity index (χ0v) is 21.9. The highest BCUT2D eigenvalue weighted by Crippen LogP contribution is 2.47. The van der Waals surface area contributed by atoms with Crippen molar-refractivity contribution >= 4 is 46.3 Å². The van der Waals surface area contributed by atoms with Gasteiger partial charge in [0, 0.05) is 17.3 Å². The molecule has 4 atom stereocenters. The van der Waals surface area contributed by atoms with Crippen LogP contribution in [0.5, 0.6) is 0 Å². The van der Waals surface area contributed by atoms with Crippen molar-refractivity contribution in [3.05, 3.63) is 34.9 Å². The molecule has 1 aliphatic carbocycles. The number of nitrogens with zero attached hydrogens (tertiary/aromatic N) is 5. The van der Waals surface area contributed by atoms with Gasteiger partial charge in [0.25, 0.3) is 0 Å². The summed E-state index contributed by atoms with van der Waals surface area (Å²) in [5.41, 5.74) is 2.25. The van der Waals surface area contributed by atoms with Gasteiger partial charge in [-0.3, -0.25) is 4.79 Å². The quantitative estimate of drug-likeness (QED) is 0.306. The Kier molecular flexibility index (Phi) is 7.08. The van der Waals surface area contributed by atoms with E-state index in [4.69, 9.17) is 31.0 Å². The van der Waals surface area contributed by atoms with E-state index < -0.39 is 29.9 Å². The van der Waals surface area contributed by atoms with Crippen LogP contribution < -0.4 is 5.32 Å². The fourth-order valence-electron chi connectivity index (χ4n) is 4.83. The van der Waals surface area contributed by atoms with Gasteiger partial charge in [0.2, 0.25) is 0 Å². The number of carboxylic acid groups (broad SMARTS) is 1. The van der Waals surface area contributed by atoms with Gasteiger partial charge in [-0.15, -0.1) is 5.10 Å². The summed E-state index contributed by atoms with van der Waals surface area (Å²) < 4.78 is 13.8. The Morgan fingerprint density at radius 1 is 1.25 bits per heavy atom. The number of hydrogen-bond acceptors (Lipinski definition) is 9. The van der Waals surface area contributed by atoms with Gasteiger partial charge in [-0.05, 0) is 50.8 Å². The van der Waals surface area contributed by atoms with Crippen LogP contribution in [0.15, 0.2) is 29.4 Å². The van der Waals surface area contributed by atoms with Gasteiger partial charge in [-0.25, -0.2) is 14.6 Å². The van der Waals surface area contributed by atoms with E-state index in [0.29, 0.717) is 40.1 Å². The molecule has 0 radical (unpaired) electrons. The van der Waals surface area contributed by atoms with E-state index >= 15 is 0 Å². The van der Waals surface area contributed by atoms with E-state index in [9.17, 15) is 9.90 Å². The molecule has 0 amide bonds. The predicted molar refractivity (Wildman–Crippen MR) is 136 cm³/mol. The van der Waals surface area contributed by atoms with E-state index in [-0.39, 0.29) is 6.04 Å². The van der Waals surface area contributed by atoms with Crippen LogP contribution >= 0.6 is 23.4 Å². The Morgan fingerprint density at radius 2 is 2.00 bits per heavy atom. The molecule has 1 saturated heterocycles. The molecule has 0 bridgehead atoms. The number of benzene rings is 1. The second-order valence-electron chi connectivity index (χ2n) is 9.53. The lowest BCUT2D eigenvalue weighted by atomic mass is 10.1. The lowest BCUT2D eigenvalue weighted by molar-refractivity contribution is -0.168. The van der Waals surface area contributed by atoms with E-state index in [1.54, 1.807) is 30.3 Å². The second kappa shape index (κ2) is 10.1. The lowest BCUT2D eigenvalue weighted by Crippen LogP contribution is -2.30. The average molecular weight is 533 g/mol. The Hall–Kier alpha value is -2.47. The topological polar surface area (TPSA) is 124 Å². The molecule has 3 heterocycles. The first kappa shape index (κ1) is 25.2. The van der Waals surface area contributed by atoms with Gasteiger partial charge in [0.15, 0.2) is 27.9 Å². The largest absolute Gasteiger partial charge is 0.481 e. The molecule has 0 unspecified atom stereocenters. The molecule has 0 spiro atoms. The summed E-state index contributed by atoms with van der Waals surface area (Å²) in [5.74, 6) is -1.00. The Bertz CT molecular complexity index is 1250. The summed E-state index contributed by atoms with van der Waals surface area (Å²) in [6, 6.07) is 7.38. The monoisotopic (exact) mass is 532 g/mol. The number of aromatic nitrogens is 5. The fraction of sp³-hybridized carbons (Fsp3) is 0.542. The van der Waals surface area contributed by atoms with Gasteiger partial charge in [0.1, 0.15) is 12.2 Å². The Labute approximate surface area is 218 Å². The maximum atomic E-state index is 12.0. The summed E-state index contributed by atoms with van der Waals surface area (Å²) in [5, 5.41) is 23.4. The van der Waals surface area contributed by atoms with Crippen molar-refractivity contribution in [1.82, 2.24) is 25.0 Å². The molecule has 12 heteroatoms. The molecule has 1 saturated carbocycles. The van der Waals surface area contributed by atoms with Crippen LogP contribution in [0.1, 0.15) is 45.2 Å². The third-order valence-electron chi connectivity index (χ3n) is 6.42. The number of ether oxygens (including phenoxy) is 2. The third-order valence-corrected chi connectivity index (χ3v) is 7.73. The summed E-state index contributed by atoms with van der Waals surface area (Å²) in [7, 11) is 0. The van der Waals surface area contributed by atoms with Crippen molar-refractivity contribution < 1.29 is 19.4 Å². The number of carbonyl (C=O) groups is 1. The van der Waals surface area contributed by atoms with Gasteiger partial charge >= 0.3 is 5.97 Å². The molecular weight excluding hydrogens is 504 g/mol. The second-order valence-corrected chi connectivity index (χ2v) is 11.0. The third kappa shape index (κ3) is 5.02. The van der Waals surface area contributed by atoms with Crippen LogP contribution in [-0.2, 0) is 20.7 Å². The molecule has 10 nitrogen and oxygen atoms in total. The number of halogens is 1. The number of rotatable bonds is 9. The van der Waals surface area contributed by atoms with Gasteiger partial charge in [0.05, 0.1) is 12.0 Å². The molecular formula is C24H29ClN6O4S. The van der Waals surface area contributed by atoms with E-state index in [0.717, 1.165) is 24.2 Å². The minimum atomic E-state index is -0.906. The summed E-state index contributed by atoms with van der Waals surface area (Å²) >= 11 is 7.56. The molecule has 2 aliphatic rings. The van der Waals surface area contributed by atoms with Crippen molar-refractivity contribution in [3.63, 3.8) is 0 Å². The number of thioether (sulfide) groups is 1. The van der Waals surface area contributed by atoms with Crippen LogP contribution in [0, 0.1) is 5.92 Å². The molecule has 3 aromatic rings. The van der Waals surface area contributed by atoms with Gasteiger partial charge in [-0.1, -0.05) is 47.6 Å². The fourth-order valence-corrected chi connectivity index (χ4v) is 5.65. The van der Waals surface area contributed by atoms with Crippen molar-refractivity contribution in [2.45, 2.75) is 69.2 Å². The normalized spacial score (nSPS) is 24.8. The zero-order valence-electron chi connectivity index (χ0n) is 20.3. The molecule has 5 rings (SSSR count). The van der Waals surface area contributed by atoms with Crippen molar-refractivity contribution in [1.29, 1.82) is 0 Å². The number of aliphatic carboxylic acids is 1. The van der Waals surface area contributed by atoms with Crippen molar-refractivity contribution in [2.24, 2.45) is 5.92 Å². The number of hydrogen-bond donors (Lipinski definition) is 2. The molecule has 1 aromatic carbocycles. The number of carboxylic acids is 1. The molecule has 2 fully saturated rings. The molecule has 192 valence electrons. The number of fused-ring (bicyclic) bond motifs is 2. The Balaban J connectivity index is 1.45. The predicted octanol–water partition coefficient (Wildman–Crippen LogP) is 4.20.